The molecule has 0 radical (unpaired) electrons. The summed E-state index contributed by atoms with van der Waals surface area (Å²) in [7, 11) is 1.48. The van der Waals surface area contributed by atoms with Gasteiger partial charge in [0.25, 0.3) is 5.92 Å². The lowest BCUT2D eigenvalue weighted by Crippen LogP contribution is -2.35. The van der Waals surface area contributed by atoms with Crippen LogP contribution in [0.3, 0.4) is 0 Å². The van der Waals surface area contributed by atoms with E-state index in [4.69, 9.17) is 4.74 Å². The molecule has 0 fully saturated rings. The second-order valence-electron chi connectivity index (χ2n) is 2.52. The lowest BCUT2D eigenvalue weighted by molar-refractivity contribution is -0.0727. The van der Waals surface area contributed by atoms with Crippen molar-refractivity contribution in [2.45, 2.75) is 12.3 Å². The zero-order chi connectivity index (χ0) is 9.45. The molecule has 0 aromatic rings. The molecule has 0 rings (SSSR count). The van der Waals surface area contributed by atoms with Crippen molar-refractivity contribution in [3.63, 3.8) is 0 Å². The fourth-order valence-electron chi connectivity index (χ4n) is 0.698. The number of rotatable bonds is 7. The molecule has 0 atom stereocenters. The van der Waals surface area contributed by atoms with E-state index in [-0.39, 0.29) is 6.54 Å². The molecule has 0 aliphatic carbocycles. The molecule has 0 spiro atoms. The van der Waals surface area contributed by atoms with Crippen LogP contribution in [-0.2, 0) is 4.74 Å². The van der Waals surface area contributed by atoms with E-state index in [0.29, 0.717) is 13.0 Å². The Kier molecular flexibility index (Phi) is 5.84. The topological polar surface area (TPSA) is 21.3 Å². The Morgan fingerprint density at radius 3 is 2.75 bits per heavy atom. The van der Waals surface area contributed by atoms with Gasteiger partial charge in [0.2, 0.25) is 0 Å². The van der Waals surface area contributed by atoms with Crippen molar-refractivity contribution < 1.29 is 13.5 Å². The highest BCUT2D eigenvalue weighted by Crippen LogP contribution is 2.11. The molecule has 72 valence electrons. The van der Waals surface area contributed by atoms with Crippen molar-refractivity contribution in [1.82, 2.24) is 5.32 Å². The molecule has 0 heterocycles. The first-order chi connectivity index (χ1) is 5.62. The minimum Gasteiger partial charge on any atom is -0.375 e. The third-order valence-corrected chi connectivity index (χ3v) is 1.21. The summed E-state index contributed by atoms with van der Waals surface area (Å²) in [5.74, 6) is -2.77. The number of hydrogen-bond acceptors (Lipinski definition) is 2. The maximum atomic E-state index is 12.6. The van der Waals surface area contributed by atoms with Gasteiger partial charge in [-0.3, -0.25) is 0 Å². The highest BCUT2D eigenvalue weighted by molar-refractivity contribution is 4.69. The van der Waals surface area contributed by atoms with Crippen molar-refractivity contribution in [3.05, 3.63) is 12.7 Å². The van der Waals surface area contributed by atoms with Crippen molar-refractivity contribution in [3.8, 4) is 0 Å². The van der Waals surface area contributed by atoms with Crippen LogP contribution in [0.1, 0.15) is 6.42 Å². The third kappa shape index (κ3) is 6.24. The zero-order valence-electron chi connectivity index (χ0n) is 7.28. The molecule has 0 aromatic carbocycles. The molecular formula is C8H15F2NO. The number of nitrogens with one attached hydrogen (secondary N) is 1. The van der Waals surface area contributed by atoms with Gasteiger partial charge in [0.15, 0.2) is 0 Å². The lowest BCUT2D eigenvalue weighted by Gasteiger charge is -2.15. The molecule has 2 nitrogen and oxygen atoms in total. The summed E-state index contributed by atoms with van der Waals surface area (Å²) < 4.78 is 30.0. The highest BCUT2D eigenvalue weighted by Gasteiger charge is 2.27. The van der Waals surface area contributed by atoms with Gasteiger partial charge < -0.3 is 10.1 Å². The minimum absolute atomic E-state index is 0.308. The third-order valence-electron chi connectivity index (χ3n) is 1.21. The molecule has 4 heteroatoms. The van der Waals surface area contributed by atoms with Crippen molar-refractivity contribution in [2.24, 2.45) is 0 Å². The summed E-state index contributed by atoms with van der Waals surface area (Å²) in [6.07, 6.45) is 2.24. The fraction of sp³-hybridized carbons (Fsp3) is 0.750. The molecule has 0 saturated carbocycles. The van der Waals surface area contributed by atoms with Crippen molar-refractivity contribution >= 4 is 0 Å². The molecule has 0 amide bonds. The van der Waals surface area contributed by atoms with Gasteiger partial charge >= 0.3 is 0 Å². The summed E-state index contributed by atoms with van der Waals surface area (Å²) in [4.78, 5) is 0. The lowest BCUT2D eigenvalue weighted by atomic mass is 10.3. The van der Waals surface area contributed by atoms with Crippen LogP contribution in [0, 0.1) is 0 Å². The quantitative estimate of drug-likeness (QED) is 0.471. The largest absolute Gasteiger partial charge is 0.375 e. The highest BCUT2D eigenvalue weighted by atomic mass is 19.3. The number of hydrogen-bond donors (Lipinski definition) is 1. The van der Waals surface area contributed by atoms with E-state index in [1.807, 2.05) is 0 Å². The van der Waals surface area contributed by atoms with Crippen molar-refractivity contribution in [1.29, 1.82) is 0 Å². The van der Waals surface area contributed by atoms with Crippen LogP contribution < -0.4 is 5.32 Å². The molecule has 1 N–H and O–H groups in total. The Balaban J connectivity index is 3.39. The molecular weight excluding hydrogens is 164 g/mol. The van der Waals surface area contributed by atoms with E-state index < -0.39 is 12.5 Å². The normalized spacial score (nSPS) is 11.6. The molecule has 12 heavy (non-hydrogen) atoms. The second kappa shape index (κ2) is 6.08. The monoisotopic (exact) mass is 179 g/mol. The van der Waals surface area contributed by atoms with E-state index in [2.05, 4.69) is 11.9 Å². The van der Waals surface area contributed by atoms with Gasteiger partial charge in [-0.2, -0.15) is 0 Å². The first-order valence-corrected chi connectivity index (χ1v) is 3.83. The van der Waals surface area contributed by atoms with Crippen LogP contribution in [0.15, 0.2) is 12.7 Å². The number of halogens is 2. The SMILES string of the molecule is C=CCCOCC(F)(F)CNC. The van der Waals surface area contributed by atoms with Crippen LogP contribution in [0.2, 0.25) is 0 Å². The van der Waals surface area contributed by atoms with Gasteiger partial charge in [-0.05, 0) is 13.5 Å². The number of ether oxygens (including phenoxy) is 1. The van der Waals surface area contributed by atoms with E-state index >= 15 is 0 Å². The Labute approximate surface area is 71.6 Å². The average molecular weight is 179 g/mol. The Morgan fingerprint density at radius 1 is 1.58 bits per heavy atom. The molecule has 0 aliphatic heterocycles. The molecule has 0 saturated heterocycles. The van der Waals surface area contributed by atoms with E-state index in [0.717, 1.165) is 0 Å². The fourth-order valence-corrected chi connectivity index (χ4v) is 0.698. The predicted molar refractivity (Wildman–Crippen MR) is 44.5 cm³/mol. The van der Waals surface area contributed by atoms with Gasteiger partial charge in [0.05, 0.1) is 13.2 Å². The van der Waals surface area contributed by atoms with E-state index in [9.17, 15) is 8.78 Å². The number of alkyl halides is 2. The predicted octanol–water partition coefficient (Wildman–Crippen LogP) is 1.43. The standard InChI is InChI=1S/C8H15F2NO/c1-3-4-5-12-7-8(9,10)6-11-2/h3,11H,1,4-7H2,2H3. The Bertz CT molecular complexity index is 128. The maximum Gasteiger partial charge on any atom is 0.283 e. The Morgan fingerprint density at radius 2 is 2.25 bits per heavy atom. The van der Waals surface area contributed by atoms with Crippen LogP contribution in [0.25, 0.3) is 0 Å². The molecule has 0 unspecified atom stereocenters. The summed E-state index contributed by atoms with van der Waals surface area (Å²) in [6.45, 7) is 2.89. The van der Waals surface area contributed by atoms with Gasteiger partial charge in [0.1, 0.15) is 6.61 Å². The molecule has 0 aliphatic rings. The van der Waals surface area contributed by atoms with Crippen LogP contribution in [0.4, 0.5) is 8.78 Å². The maximum absolute atomic E-state index is 12.6. The summed E-state index contributed by atoms with van der Waals surface area (Å²) in [5, 5.41) is 2.40. The van der Waals surface area contributed by atoms with Crippen LogP contribution >= 0.6 is 0 Å². The second-order valence-corrected chi connectivity index (χ2v) is 2.52. The summed E-state index contributed by atoms with van der Waals surface area (Å²) >= 11 is 0. The minimum atomic E-state index is -2.77. The zero-order valence-corrected chi connectivity index (χ0v) is 7.28. The Hall–Kier alpha value is -0.480. The smallest absolute Gasteiger partial charge is 0.283 e. The molecule has 0 bridgehead atoms. The summed E-state index contributed by atoms with van der Waals surface area (Å²) in [6, 6.07) is 0. The van der Waals surface area contributed by atoms with Gasteiger partial charge in [0, 0.05) is 0 Å². The van der Waals surface area contributed by atoms with E-state index in [1.165, 1.54) is 7.05 Å². The van der Waals surface area contributed by atoms with Crippen LogP contribution in [0.5, 0.6) is 0 Å². The molecule has 0 aromatic heterocycles. The van der Waals surface area contributed by atoms with Gasteiger partial charge in [-0.1, -0.05) is 6.08 Å². The first-order valence-electron chi connectivity index (χ1n) is 3.83. The van der Waals surface area contributed by atoms with Crippen molar-refractivity contribution in [2.75, 3.05) is 26.8 Å². The van der Waals surface area contributed by atoms with Gasteiger partial charge in [-0.25, -0.2) is 8.78 Å². The summed E-state index contributed by atoms with van der Waals surface area (Å²) in [5.41, 5.74) is 0. The first kappa shape index (κ1) is 11.5. The average Bonchev–Trinajstić information content (AvgIpc) is 1.98. The van der Waals surface area contributed by atoms with Crippen LogP contribution in [-0.4, -0.2) is 32.7 Å². The van der Waals surface area contributed by atoms with E-state index in [1.54, 1.807) is 6.08 Å². The van der Waals surface area contributed by atoms with Gasteiger partial charge in [-0.15, -0.1) is 6.58 Å².